The van der Waals surface area contributed by atoms with Crippen molar-refractivity contribution >= 4 is 22.3 Å². The van der Waals surface area contributed by atoms with Gasteiger partial charge in [-0.25, -0.2) is 14.2 Å². The highest BCUT2D eigenvalue weighted by molar-refractivity contribution is 7.17. The summed E-state index contributed by atoms with van der Waals surface area (Å²) in [6.07, 6.45) is 4.09. The van der Waals surface area contributed by atoms with Gasteiger partial charge in [0.2, 0.25) is 0 Å². The van der Waals surface area contributed by atoms with Crippen LogP contribution >= 0.6 is 11.3 Å². The second-order valence-electron chi connectivity index (χ2n) is 5.97. The number of nitrogens with zero attached hydrogens (tertiary/aromatic N) is 2. The molecule has 3 aromatic rings. The predicted molar refractivity (Wildman–Crippen MR) is 91.5 cm³/mol. The highest BCUT2D eigenvalue weighted by Crippen LogP contribution is 2.28. The Morgan fingerprint density at radius 3 is 2.96 bits per heavy atom. The van der Waals surface area contributed by atoms with Gasteiger partial charge in [0.05, 0.1) is 11.3 Å². The molecular weight excluding hydrogens is 343 g/mol. The monoisotopic (exact) mass is 358 g/mol. The van der Waals surface area contributed by atoms with Crippen molar-refractivity contribution in [3.8, 4) is 0 Å². The lowest BCUT2D eigenvalue weighted by atomic mass is 10.0. The Morgan fingerprint density at radius 1 is 1.28 bits per heavy atom. The van der Waals surface area contributed by atoms with Gasteiger partial charge in [-0.2, -0.15) is 0 Å². The molecule has 2 heterocycles. The molecule has 0 N–H and O–H groups in total. The van der Waals surface area contributed by atoms with Crippen LogP contribution in [-0.4, -0.2) is 15.4 Å². The summed E-state index contributed by atoms with van der Waals surface area (Å²) in [6.45, 7) is -0.121. The standard InChI is InChI=1S/C18H15FN2O3S/c19-12-5-3-4-11(8-12)17(23)24-10-13-9-16(22)21-14-6-1-2-7-15(14)25-18(21)20-13/h3-5,8-9H,1-2,6-7,10H2. The third-order valence-electron chi connectivity index (χ3n) is 4.23. The molecule has 0 fully saturated rings. The van der Waals surface area contributed by atoms with E-state index in [9.17, 15) is 14.0 Å². The number of aryl methyl sites for hydroxylation is 2. The number of aromatic nitrogens is 2. The molecule has 2 aromatic heterocycles. The van der Waals surface area contributed by atoms with E-state index in [0.717, 1.165) is 37.4 Å². The zero-order valence-corrected chi connectivity index (χ0v) is 14.1. The van der Waals surface area contributed by atoms with Crippen LogP contribution in [0.2, 0.25) is 0 Å². The molecule has 128 valence electrons. The third-order valence-corrected chi connectivity index (χ3v) is 5.37. The van der Waals surface area contributed by atoms with Gasteiger partial charge in [0, 0.05) is 16.6 Å². The van der Waals surface area contributed by atoms with E-state index in [1.165, 1.54) is 40.5 Å². The van der Waals surface area contributed by atoms with Gasteiger partial charge >= 0.3 is 5.97 Å². The first-order chi connectivity index (χ1) is 12.1. The van der Waals surface area contributed by atoms with Crippen molar-refractivity contribution in [2.45, 2.75) is 32.3 Å². The highest BCUT2D eigenvalue weighted by atomic mass is 32.1. The Bertz CT molecular complexity index is 1020. The number of benzene rings is 1. The minimum absolute atomic E-state index is 0.121. The predicted octanol–water partition coefficient (Wildman–Crippen LogP) is 3.13. The number of carbonyl (C=O) groups is 1. The maximum atomic E-state index is 13.2. The van der Waals surface area contributed by atoms with Crippen molar-refractivity contribution in [2.75, 3.05) is 0 Å². The van der Waals surface area contributed by atoms with Gasteiger partial charge in [0.15, 0.2) is 4.96 Å². The van der Waals surface area contributed by atoms with Gasteiger partial charge in [0.25, 0.3) is 5.56 Å². The number of hydrogen-bond donors (Lipinski definition) is 0. The van der Waals surface area contributed by atoms with E-state index in [1.54, 1.807) is 4.40 Å². The quantitative estimate of drug-likeness (QED) is 0.675. The van der Waals surface area contributed by atoms with Gasteiger partial charge in [0.1, 0.15) is 12.4 Å². The largest absolute Gasteiger partial charge is 0.456 e. The summed E-state index contributed by atoms with van der Waals surface area (Å²) >= 11 is 1.52. The van der Waals surface area contributed by atoms with Crippen LogP contribution in [-0.2, 0) is 24.2 Å². The topological polar surface area (TPSA) is 60.7 Å². The maximum absolute atomic E-state index is 13.2. The minimum atomic E-state index is -0.646. The lowest BCUT2D eigenvalue weighted by molar-refractivity contribution is 0.0467. The van der Waals surface area contributed by atoms with Crippen LogP contribution in [0.1, 0.15) is 39.5 Å². The molecule has 0 amide bonds. The van der Waals surface area contributed by atoms with Crippen molar-refractivity contribution in [2.24, 2.45) is 0 Å². The van der Waals surface area contributed by atoms with Crippen molar-refractivity contribution in [3.05, 3.63) is 68.3 Å². The van der Waals surface area contributed by atoms with Crippen molar-refractivity contribution in [1.29, 1.82) is 0 Å². The van der Waals surface area contributed by atoms with E-state index >= 15 is 0 Å². The summed E-state index contributed by atoms with van der Waals surface area (Å²) in [7, 11) is 0. The minimum Gasteiger partial charge on any atom is -0.456 e. The third kappa shape index (κ3) is 3.07. The Morgan fingerprint density at radius 2 is 2.12 bits per heavy atom. The van der Waals surface area contributed by atoms with Gasteiger partial charge in [-0.3, -0.25) is 9.20 Å². The Balaban J connectivity index is 1.58. The average Bonchev–Trinajstić information content (AvgIpc) is 2.98. The first-order valence-electron chi connectivity index (χ1n) is 8.08. The van der Waals surface area contributed by atoms with Crippen LogP contribution < -0.4 is 5.56 Å². The van der Waals surface area contributed by atoms with E-state index < -0.39 is 11.8 Å². The lowest BCUT2D eigenvalue weighted by Gasteiger charge is -2.10. The first kappa shape index (κ1) is 16.0. The van der Waals surface area contributed by atoms with E-state index in [-0.39, 0.29) is 17.7 Å². The molecule has 1 aliphatic rings. The van der Waals surface area contributed by atoms with Crippen LogP contribution in [0.15, 0.2) is 35.1 Å². The van der Waals surface area contributed by atoms with E-state index in [2.05, 4.69) is 4.98 Å². The fraction of sp³-hybridized carbons (Fsp3) is 0.278. The Kier molecular flexibility index (Phi) is 4.09. The first-order valence-corrected chi connectivity index (χ1v) is 8.89. The molecule has 0 saturated heterocycles. The average molecular weight is 358 g/mol. The molecule has 1 aromatic carbocycles. The number of halogens is 1. The fourth-order valence-electron chi connectivity index (χ4n) is 3.05. The van der Waals surface area contributed by atoms with Crippen LogP contribution in [0.5, 0.6) is 0 Å². The second-order valence-corrected chi connectivity index (χ2v) is 7.03. The van der Waals surface area contributed by atoms with Crippen LogP contribution in [0.25, 0.3) is 4.96 Å². The molecule has 25 heavy (non-hydrogen) atoms. The van der Waals surface area contributed by atoms with Crippen molar-refractivity contribution < 1.29 is 13.9 Å². The van der Waals surface area contributed by atoms with E-state index in [0.29, 0.717) is 10.7 Å². The number of thiazole rings is 1. The van der Waals surface area contributed by atoms with Crippen LogP contribution in [0.4, 0.5) is 4.39 Å². The fourth-order valence-corrected chi connectivity index (χ4v) is 4.29. The highest BCUT2D eigenvalue weighted by Gasteiger charge is 2.19. The molecular formula is C18H15FN2O3S. The molecule has 7 heteroatoms. The number of rotatable bonds is 3. The molecule has 0 radical (unpaired) electrons. The molecule has 0 spiro atoms. The van der Waals surface area contributed by atoms with Crippen LogP contribution in [0, 0.1) is 5.82 Å². The second kappa shape index (κ2) is 6.40. The van der Waals surface area contributed by atoms with Gasteiger partial charge in [-0.05, 0) is 43.9 Å². The van der Waals surface area contributed by atoms with Gasteiger partial charge < -0.3 is 4.74 Å². The SMILES string of the molecule is O=C(OCc1cc(=O)n2c3c(sc2n1)CCCC3)c1cccc(F)c1. The van der Waals surface area contributed by atoms with E-state index in [4.69, 9.17) is 4.74 Å². The summed E-state index contributed by atoms with van der Waals surface area (Å²) in [4.78, 5) is 30.7. The van der Waals surface area contributed by atoms with Crippen molar-refractivity contribution in [3.63, 3.8) is 0 Å². The number of esters is 1. The molecule has 0 bridgehead atoms. The summed E-state index contributed by atoms with van der Waals surface area (Å²) in [5, 5.41) is 0. The number of fused-ring (bicyclic) bond motifs is 3. The normalized spacial score (nSPS) is 13.6. The molecule has 0 unspecified atom stereocenters. The molecule has 0 saturated carbocycles. The van der Waals surface area contributed by atoms with Gasteiger partial charge in [-0.15, -0.1) is 11.3 Å². The lowest BCUT2D eigenvalue weighted by Crippen LogP contribution is -2.18. The molecule has 4 rings (SSSR count). The molecule has 5 nitrogen and oxygen atoms in total. The number of hydrogen-bond acceptors (Lipinski definition) is 5. The summed E-state index contributed by atoms with van der Waals surface area (Å²) in [6, 6.07) is 6.68. The number of carbonyl (C=O) groups excluding carboxylic acids is 1. The number of ether oxygens (including phenoxy) is 1. The molecule has 1 aliphatic carbocycles. The van der Waals surface area contributed by atoms with Gasteiger partial charge in [-0.1, -0.05) is 6.07 Å². The zero-order chi connectivity index (χ0) is 17.4. The van der Waals surface area contributed by atoms with Crippen molar-refractivity contribution in [1.82, 2.24) is 9.38 Å². The maximum Gasteiger partial charge on any atom is 0.338 e. The van der Waals surface area contributed by atoms with Crippen LogP contribution in [0.3, 0.4) is 0 Å². The summed E-state index contributed by atoms with van der Waals surface area (Å²) in [5.74, 6) is -1.15. The Labute approximate surface area is 146 Å². The summed E-state index contributed by atoms with van der Waals surface area (Å²) in [5.41, 5.74) is 1.44. The zero-order valence-electron chi connectivity index (χ0n) is 13.3. The smallest absolute Gasteiger partial charge is 0.338 e. The Hall–Kier alpha value is -2.54. The summed E-state index contributed by atoms with van der Waals surface area (Å²) < 4.78 is 20.0. The molecule has 0 atom stereocenters. The van der Waals surface area contributed by atoms with E-state index in [1.807, 2.05) is 0 Å². The molecule has 0 aliphatic heterocycles.